The molecule has 0 unspecified atom stereocenters. The van der Waals surface area contributed by atoms with Gasteiger partial charge in [0.15, 0.2) is 38.4 Å². The molecule has 0 saturated carbocycles. The van der Waals surface area contributed by atoms with Crippen molar-refractivity contribution in [1.82, 2.24) is 88.7 Å². The van der Waals surface area contributed by atoms with E-state index in [9.17, 15) is 4.79 Å². The predicted octanol–water partition coefficient (Wildman–Crippen LogP) is 16.5. The largest absolute Gasteiger partial charge is 0.422 e. The van der Waals surface area contributed by atoms with E-state index in [-0.39, 0.29) is 5.91 Å². The van der Waals surface area contributed by atoms with Gasteiger partial charge in [-0.1, -0.05) is 66.6 Å². The minimum absolute atomic E-state index is 0.0460. The molecular weight excluding hydrogens is 1540 g/mol. The van der Waals surface area contributed by atoms with Gasteiger partial charge in [0.1, 0.15) is 5.82 Å². The molecule has 1 amide bonds. The number of hydrogen-bond donors (Lipinski definition) is 1. The maximum atomic E-state index is 11.6. The Bertz CT molecular complexity index is 5880. The summed E-state index contributed by atoms with van der Waals surface area (Å²) < 4.78 is 18.5. The first-order valence-corrected chi connectivity index (χ1v) is 45.9. The van der Waals surface area contributed by atoms with Crippen LogP contribution in [0.4, 0.5) is 28.0 Å². The molecule has 26 nitrogen and oxygen atoms in total. The molecule has 0 aliphatic carbocycles. The first-order chi connectivity index (χ1) is 59.1. The second kappa shape index (κ2) is 35.3. The van der Waals surface area contributed by atoms with Gasteiger partial charge in [0.25, 0.3) is 12.0 Å². The highest BCUT2D eigenvalue weighted by molar-refractivity contribution is 7.22. The molecule has 0 bridgehead atoms. The highest BCUT2D eigenvalue weighted by atomic mass is 32.1. The molecule has 22 heterocycles. The molecule has 9 aliphatic heterocycles. The summed E-state index contributed by atoms with van der Waals surface area (Å²) >= 11 is 3.54. The second-order valence-electron chi connectivity index (χ2n) is 34.2. The van der Waals surface area contributed by atoms with E-state index in [1.54, 1.807) is 22.7 Å². The lowest BCUT2D eigenvalue weighted by molar-refractivity contribution is -0.115. The van der Waals surface area contributed by atoms with Crippen LogP contribution in [0, 0.1) is 13.8 Å². The number of carbonyl (C=O) groups is 1. The SMILES string of the molecule is Cc1ccc(-c2cnc3nc(N4CCC(N5CCCCC5)CC4)sc3c2)cn1.Cc1nnc2ccc(-c3cnc4nc(N5CCC(N6CCCCC6)CC5)sc4c3)cn12.O=C1Cc2cc(-c3cnc4nc(N5CCC(N6CCCCC6)CC5)oc4c3)ccc2N1.c1cc(-c2cnc3nc(N4CCC(N5CCCCC5)CC4)oc3c2)n2nccc2c1. The number of aromatic nitrogens is 14. The van der Waals surface area contributed by atoms with Crippen molar-refractivity contribution in [2.75, 3.05) is 130 Å². The Morgan fingerprint density at radius 2 is 0.867 bits per heavy atom. The summed E-state index contributed by atoms with van der Waals surface area (Å²) in [6.45, 7) is 22.5. The van der Waals surface area contributed by atoms with E-state index in [1.165, 1.54) is 181 Å². The minimum Gasteiger partial charge on any atom is -0.422 e. The topological polar surface area (TPSA) is 245 Å². The summed E-state index contributed by atoms with van der Waals surface area (Å²) in [5.74, 6) is 0.934. The number of thiazole rings is 2. The van der Waals surface area contributed by atoms with Crippen molar-refractivity contribution >= 4 is 111 Å². The summed E-state index contributed by atoms with van der Waals surface area (Å²) in [6, 6.07) is 35.2. The van der Waals surface area contributed by atoms with Gasteiger partial charge in [0.2, 0.25) is 17.2 Å². The number of anilines is 5. The van der Waals surface area contributed by atoms with E-state index >= 15 is 0 Å². The van der Waals surface area contributed by atoms with Crippen LogP contribution in [-0.4, -0.2) is 223 Å². The van der Waals surface area contributed by atoms with Gasteiger partial charge in [-0.05, 0) is 253 Å². The third kappa shape index (κ3) is 17.2. The van der Waals surface area contributed by atoms with Crippen molar-refractivity contribution in [3.8, 4) is 44.6 Å². The smallest absolute Gasteiger partial charge is 0.299 e. The van der Waals surface area contributed by atoms with Gasteiger partial charge in [-0.25, -0.2) is 24.5 Å². The standard InChI is InChI=1S/C24H27N5O2.C23H27N7S.C23H26N6O.C22H27N5S/c30-22-14-17-12-16(4-5-20(17)26-22)18-13-21-23(25-15-18)27-24(31-21)29-10-6-19(7-11-29)28-8-2-1-3-9-28;1-16-26-27-21-6-5-17(15-30(16)21)18-13-20-22(24-14-18)25-23(31-20)29-11-7-19(8-12-29)28-9-3-2-4-10-28;1-2-11-27(12-3-1)18-8-13-28(14-9-18)23-26-22-21(30-23)15-17(16-24-22)20-6-4-5-19-7-10-25-29(19)20;1-16-5-6-17(14-23-16)18-13-20-21(24-15-18)25-22(28-20)27-11-7-19(8-12-27)26-9-3-2-4-10-26/h4-5,12-13,15,19H,1-3,6-11,14H2,(H,26,30);5-6,13-15,19H,2-4,7-12H2,1H3;4-7,10,15-16,18H,1-3,8-9,11-14H2;5-6,13-15,19H,2-4,7-12H2,1H3. The number of nitrogens with zero attached hydrogens (tertiary/aromatic N) is 22. The van der Waals surface area contributed by atoms with Crippen LogP contribution in [0.15, 0.2) is 143 Å². The van der Waals surface area contributed by atoms with Crippen molar-refractivity contribution in [2.24, 2.45) is 0 Å². The molecule has 1 N–H and O–H groups in total. The lowest BCUT2D eigenvalue weighted by Crippen LogP contribution is -2.46. The Morgan fingerprint density at radius 3 is 1.38 bits per heavy atom. The zero-order chi connectivity index (χ0) is 80.4. The Balaban J connectivity index is 0.000000102. The molecule has 13 aromatic heterocycles. The summed E-state index contributed by atoms with van der Waals surface area (Å²) in [5.41, 5.74) is 17.7. The average Bonchev–Trinajstić information content (AvgIpc) is 1.64. The van der Waals surface area contributed by atoms with Gasteiger partial charge < -0.3 is 53.4 Å². The predicted molar refractivity (Wildman–Crippen MR) is 478 cm³/mol. The zero-order valence-electron chi connectivity index (χ0n) is 69.1. The lowest BCUT2D eigenvalue weighted by atomic mass is 10.0. The Kier molecular flexibility index (Phi) is 23.0. The Hall–Kier alpha value is -10.5. The fourth-order valence-corrected chi connectivity index (χ4v) is 21.6. The maximum Gasteiger partial charge on any atom is 0.299 e. The molecule has 0 spiro atoms. The number of piperidine rings is 8. The number of aryl methyl sites for hydroxylation is 2. The van der Waals surface area contributed by atoms with Crippen LogP contribution >= 0.6 is 22.7 Å². The number of likely N-dealkylation sites (tertiary alicyclic amines) is 4. The molecule has 9 aliphatic rings. The van der Waals surface area contributed by atoms with E-state index in [0.29, 0.717) is 47.4 Å². The number of benzene rings is 1. The third-order valence-corrected chi connectivity index (χ3v) is 28.5. The lowest BCUT2D eigenvalue weighted by Gasteiger charge is -2.40. The van der Waals surface area contributed by atoms with Gasteiger partial charge in [0, 0.05) is 158 Å². The molecular formula is C92H107N23O3S2. The van der Waals surface area contributed by atoms with Crippen LogP contribution in [0.2, 0.25) is 0 Å². The number of carbonyl (C=O) groups excluding carboxylic acids is 1. The number of nitrogens with one attached hydrogen (secondary N) is 1. The average molecular weight is 1650 g/mol. The van der Waals surface area contributed by atoms with Crippen molar-refractivity contribution in [3.05, 3.63) is 151 Å². The summed E-state index contributed by atoms with van der Waals surface area (Å²) in [7, 11) is 0. The van der Waals surface area contributed by atoms with Crippen molar-refractivity contribution in [3.63, 3.8) is 0 Å². The van der Waals surface area contributed by atoms with Crippen molar-refractivity contribution in [1.29, 1.82) is 0 Å². The Labute approximate surface area is 707 Å². The molecule has 14 aromatic rings. The quantitative estimate of drug-likeness (QED) is 0.119. The molecule has 0 radical (unpaired) electrons. The second-order valence-corrected chi connectivity index (χ2v) is 36.2. The van der Waals surface area contributed by atoms with E-state index in [4.69, 9.17) is 18.8 Å². The van der Waals surface area contributed by atoms with Crippen LogP contribution in [0.5, 0.6) is 0 Å². The molecule has 120 heavy (non-hydrogen) atoms. The molecule has 1 aromatic carbocycles. The molecule has 0 atom stereocenters. The fraction of sp³-hybridized carbons (Fsp3) is 0.467. The normalized spacial score (nSPS) is 19.4. The minimum atomic E-state index is 0.0460. The highest BCUT2D eigenvalue weighted by Crippen LogP contribution is 2.39. The van der Waals surface area contributed by atoms with Crippen molar-refractivity contribution < 1.29 is 13.6 Å². The highest BCUT2D eigenvalue weighted by Gasteiger charge is 2.33. The summed E-state index contributed by atoms with van der Waals surface area (Å²) in [5, 5.41) is 17.9. The first kappa shape index (κ1) is 78.1. The summed E-state index contributed by atoms with van der Waals surface area (Å²) in [6.07, 6.45) is 39.9. The number of fused-ring (bicyclic) bond motifs is 7. The van der Waals surface area contributed by atoms with Gasteiger partial charge in [-0.15, -0.1) is 10.2 Å². The van der Waals surface area contributed by atoms with Crippen LogP contribution in [0.25, 0.3) is 99.0 Å². The number of rotatable bonds is 12. The van der Waals surface area contributed by atoms with Gasteiger partial charge >= 0.3 is 0 Å². The van der Waals surface area contributed by atoms with Gasteiger partial charge in [-0.3, -0.25) is 14.2 Å². The van der Waals surface area contributed by atoms with E-state index in [2.05, 4.69) is 131 Å². The molecule has 23 rings (SSSR count). The maximum absolute atomic E-state index is 11.6. The third-order valence-electron chi connectivity index (χ3n) is 26.4. The fourth-order valence-electron chi connectivity index (χ4n) is 19.6. The Morgan fingerprint density at radius 1 is 0.408 bits per heavy atom. The number of hydrogen-bond acceptors (Lipinski definition) is 25. The van der Waals surface area contributed by atoms with Crippen molar-refractivity contribution in [2.45, 2.75) is 173 Å². The molecule has 8 saturated heterocycles. The van der Waals surface area contributed by atoms with Crippen LogP contribution < -0.4 is 24.9 Å². The van der Waals surface area contributed by atoms with Crippen LogP contribution in [-0.2, 0) is 11.2 Å². The summed E-state index contributed by atoms with van der Waals surface area (Å²) in [4.78, 5) is 73.7. The molecule has 8 fully saturated rings. The monoisotopic (exact) mass is 1650 g/mol. The van der Waals surface area contributed by atoms with Gasteiger partial charge in [-0.2, -0.15) is 25.0 Å². The number of pyridine rings is 7. The van der Waals surface area contributed by atoms with Crippen LogP contribution in [0.1, 0.15) is 145 Å². The number of amides is 1. The van der Waals surface area contributed by atoms with E-state index in [1.807, 2.05) is 121 Å². The zero-order valence-corrected chi connectivity index (χ0v) is 70.7. The number of oxazole rings is 2. The first-order valence-electron chi connectivity index (χ1n) is 44.2. The van der Waals surface area contributed by atoms with Gasteiger partial charge in [0.05, 0.1) is 33.2 Å². The van der Waals surface area contributed by atoms with E-state index in [0.717, 1.165) is 180 Å². The van der Waals surface area contributed by atoms with E-state index < -0.39 is 0 Å². The van der Waals surface area contributed by atoms with Crippen LogP contribution in [0.3, 0.4) is 0 Å². The molecule has 28 heteroatoms. The molecule has 620 valence electrons.